The maximum atomic E-state index is 12.8. The number of rotatable bonds is 7. The molecule has 5 heteroatoms. The average Bonchev–Trinajstić information content (AvgIpc) is 2.34. The van der Waals surface area contributed by atoms with Crippen molar-refractivity contribution in [2.45, 2.75) is 45.2 Å². The minimum Gasteiger partial charge on any atom is -0.493 e. The van der Waals surface area contributed by atoms with E-state index in [1.54, 1.807) is 0 Å². The molecule has 0 heterocycles. The third kappa shape index (κ3) is 5.41. The molecule has 0 fully saturated rings. The third-order valence-corrected chi connectivity index (χ3v) is 2.81. The molecule has 0 atom stereocenters. The standard InChI is InChI=1S/C14H20F3NO/c1-2-3-4-5-6-9-19-13-8-7-11(18)10-12(13)14(15,16)17/h7-8,10H,2-6,9,18H2,1H3. The maximum absolute atomic E-state index is 12.8. The lowest BCUT2D eigenvalue weighted by Gasteiger charge is -2.14. The molecule has 0 aliphatic rings. The van der Waals surface area contributed by atoms with Gasteiger partial charge >= 0.3 is 6.18 Å². The van der Waals surface area contributed by atoms with E-state index in [0.717, 1.165) is 38.2 Å². The summed E-state index contributed by atoms with van der Waals surface area (Å²) in [5.74, 6) is -0.141. The van der Waals surface area contributed by atoms with E-state index >= 15 is 0 Å². The number of benzene rings is 1. The molecular weight excluding hydrogens is 255 g/mol. The molecule has 108 valence electrons. The van der Waals surface area contributed by atoms with Crippen molar-refractivity contribution in [2.24, 2.45) is 0 Å². The number of anilines is 1. The van der Waals surface area contributed by atoms with Crippen LogP contribution in [0.3, 0.4) is 0 Å². The molecule has 0 aliphatic carbocycles. The van der Waals surface area contributed by atoms with Crippen LogP contribution in [-0.4, -0.2) is 6.61 Å². The molecule has 0 amide bonds. The Balaban J connectivity index is 2.54. The molecule has 1 aromatic carbocycles. The fraction of sp³-hybridized carbons (Fsp3) is 0.571. The predicted octanol–water partition coefficient (Wildman–Crippen LogP) is 4.64. The van der Waals surface area contributed by atoms with Crippen molar-refractivity contribution in [1.82, 2.24) is 0 Å². The highest BCUT2D eigenvalue weighted by atomic mass is 19.4. The number of alkyl halides is 3. The van der Waals surface area contributed by atoms with E-state index in [1.165, 1.54) is 12.1 Å². The van der Waals surface area contributed by atoms with Gasteiger partial charge in [0.05, 0.1) is 12.2 Å². The monoisotopic (exact) mass is 275 g/mol. The van der Waals surface area contributed by atoms with E-state index in [2.05, 4.69) is 6.92 Å². The first-order valence-electron chi connectivity index (χ1n) is 6.54. The van der Waals surface area contributed by atoms with Gasteiger partial charge in [0.1, 0.15) is 5.75 Å². The molecule has 0 spiro atoms. The molecule has 1 aromatic rings. The summed E-state index contributed by atoms with van der Waals surface area (Å²) in [6, 6.07) is 3.61. The Labute approximate surface area is 111 Å². The van der Waals surface area contributed by atoms with Crippen LogP contribution in [0.1, 0.15) is 44.6 Å². The van der Waals surface area contributed by atoms with Gasteiger partial charge in [0, 0.05) is 5.69 Å². The van der Waals surface area contributed by atoms with Crippen molar-refractivity contribution in [3.05, 3.63) is 23.8 Å². The van der Waals surface area contributed by atoms with Crippen LogP contribution in [0.5, 0.6) is 5.75 Å². The highest BCUT2D eigenvalue weighted by Crippen LogP contribution is 2.37. The van der Waals surface area contributed by atoms with Crippen LogP contribution in [0.15, 0.2) is 18.2 Å². The van der Waals surface area contributed by atoms with Crippen molar-refractivity contribution >= 4 is 5.69 Å². The molecule has 0 saturated carbocycles. The lowest BCUT2D eigenvalue weighted by Crippen LogP contribution is -2.10. The molecule has 2 nitrogen and oxygen atoms in total. The van der Waals surface area contributed by atoms with Gasteiger partial charge in [-0.25, -0.2) is 0 Å². The molecular formula is C14H20F3NO. The fourth-order valence-corrected chi connectivity index (χ4v) is 1.78. The molecule has 0 aromatic heterocycles. The number of nitrogen functional groups attached to an aromatic ring is 1. The van der Waals surface area contributed by atoms with Gasteiger partial charge in [0.25, 0.3) is 0 Å². The van der Waals surface area contributed by atoms with Gasteiger partial charge in [0.2, 0.25) is 0 Å². The molecule has 1 rings (SSSR count). The SMILES string of the molecule is CCCCCCCOc1ccc(N)cc1C(F)(F)F. The molecule has 0 bridgehead atoms. The first kappa shape index (κ1) is 15.7. The van der Waals surface area contributed by atoms with E-state index in [9.17, 15) is 13.2 Å². The molecule has 0 radical (unpaired) electrons. The van der Waals surface area contributed by atoms with Crippen molar-refractivity contribution in [3.8, 4) is 5.75 Å². The number of unbranched alkanes of at least 4 members (excludes halogenated alkanes) is 4. The third-order valence-electron chi connectivity index (χ3n) is 2.81. The van der Waals surface area contributed by atoms with Crippen LogP contribution in [0.2, 0.25) is 0 Å². The van der Waals surface area contributed by atoms with Gasteiger partial charge in [0.15, 0.2) is 0 Å². The van der Waals surface area contributed by atoms with Crippen LogP contribution in [0.25, 0.3) is 0 Å². The Bertz CT molecular complexity index is 391. The van der Waals surface area contributed by atoms with Crippen LogP contribution >= 0.6 is 0 Å². The fourth-order valence-electron chi connectivity index (χ4n) is 1.78. The second-order valence-corrected chi connectivity index (χ2v) is 4.52. The summed E-state index contributed by atoms with van der Waals surface area (Å²) < 4.78 is 43.5. The van der Waals surface area contributed by atoms with E-state index in [0.29, 0.717) is 6.61 Å². The first-order chi connectivity index (χ1) is 8.95. The maximum Gasteiger partial charge on any atom is 0.420 e. The zero-order chi connectivity index (χ0) is 14.3. The summed E-state index contributed by atoms with van der Waals surface area (Å²) in [7, 11) is 0. The summed E-state index contributed by atoms with van der Waals surface area (Å²) in [6.07, 6.45) is 0.680. The predicted molar refractivity (Wildman–Crippen MR) is 70.1 cm³/mol. The average molecular weight is 275 g/mol. The van der Waals surface area contributed by atoms with Gasteiger partial charge in [-0.2, -0.15) is 13.2 Å². The van der Waals surface area contributed by atoms with Crippen molar-refractivity contribution in [1.29, 1.82) is 0 Å². The Morgan fingerprint density at radius 2 is 1.79 bits per heavy atom. The van der Waals surface area contributed by atoms with Gasteiger partial charge in [-0.15, -0.1) is 0 Å². The zero-order valence-electron chi connectivity index (χ0n) is 11.1. The highest BCUT2D eigenvalue weighted by molar-refractivity contribution is 5.49. The first-order valence-corrected chi connectivity index (χ1v) is 6.54. The summed E-state index contributed by atoms with van der Waals surface area (Å²) >= 11 is 0. The number of ether oxygens (including phenoxy) is 1. The summed E-state index contributed by atoms with van der Waals surface area (Å²) in [5, 5.41) is 0. The van der Waals surface area contributed by atoms with E-state index in [-0.39, 0.29) is 11.4 Å². The molecule has 0 aliphatic heterocycles. The molecule has 0 saturated heterocycles. The number of hydrogen-bond acceptors (Lipinski definition) is 2. The summed E-state index contributed by atoms with van der Waals surface area (Å²) in [5.41, 5.74) is 4.66. The lowest BCUT2D eigenvalue weighted by atomic mass is 10.1. The van der Waals surface area contributed by atoms with Crippen LogP contribution in [0, 0.1) is 0 Å². The minimum absolute atomic E-state index is 0.0858. The Morgan fingerprint density at radius 1 is 1.11 bits per heavy atom. The highest BCUT2D eigenvalue weighted by Gasteiger charge is 2.34. The normalized spacial score (nSPS) is 11.6. The van der Waals surface area contributed by atoms with Gasteiger partial charge in [-0.3, -0.25) is 0 Å². The largest absolute Gasteiger partial charge is 0.493 e. The quantitative estimate of drug-likeness (QED) is 0.581. The van der Waals surface area contributed by atoms with Gasteiger partial charge in [-0.1, -0.05) is 32.6 Å². The topological polar surface area (TPSA) is 35.2 Å². The summed E-state index contributed by atoms with van der Waals surface area (Å²) in [6.45, 7) is 2.41. The van der Waals surface area contributed by atoms with Crippen molar-refractivity contribution in [2.75, 3.05) is 12.3 Å². The van der Waals surface area contributed by atoms with Crippen LogP contribution in [0.4, 0.5) is 18.9 Å². The van der Waals surface area contributed by atoms with Crippen LogP contribution in [-0.2, 0) is 6.18 Å². The van der Waals surface area contributed by atoms with Crippen LogP contribution < -0.4 is 10.5 Å². The second kappa shape index (κ2) is 7.26. The molecule has 19 heavy (non-hydrogen) atoms. The second-order valence-electron chi connectivity index (χ2n) is 4.52. The van der Waals surface area contributed by atoms with Gasteiger partial charge < -0.3 is 10.5 Å². The molecule has 2 N–H and O–H groups in total. The lowest BCUT2D eigenvalue weighted by molar-refractivity contribution is -0.138. The minimum atomic E-state index is -4.44. The molecule has 0 unspecified atom stereocenters. The summed E-state index contributed by atoms with van der Waals surface area (Å²) in [4.78, 5) is 0. The van der Waals surface area contributed by atoms with E-state index in [4.69, 9.17) is 10.5 Å². The number of hydrogen-bond donors (Lipinski definition) is 1. The Kier molecular flexibility index (Phi) is 5.99. The number of nitrogens with two attached hydrogens (primary N) is 1. The number of halogens is 3. The smallest absolute Gasteiger partial charge is 0.420 e. The van der Waals surface area contributed by atoms with Crippen molar-refractivity contribution < 1.29 is 17.9 Å². The Hall–Kier alpha value is -1.39. The van der Waals surface area contributed by atoms with Gasteiger partial charge in [-0.05, 0) is 24.6 Å². The van der Waals surface area contributed by atoms with E-state index in [1.807, 2.05) is 0 Å². The Morgan fingerprint density at radius 3 is 2.42 bits per heavy atom. The van der Waals surface area contributed by atoms with Crippen molar-refractivity contribution in [3.63, 3.8) is 0 Å². The van der Waals surface area contributed by atoms with E-state index < -0.39 is 11.7 Å². The zero-order valence-corrected chi connectivity index (χ0v) is 11.1.